The minimum atomic E-state index is -3.67. The minimum Gasteiger partial charge on any atom is -0.354 e. The molecule has 0 aliphatic rings. The molecule has 0 saturated carbocycles. The molecule has 0 fully saturated rings. The first-order chi connectivity index (χ1) is 14.2. The molecule has 2 aromatic carbocycles. The molecule has 0 atom stereocenters. The lowest BCUT2D eigenvalue weighted by atomic mass is 10.2. The van der Waals surface area contributed by atoms with E-state index in [4.69, 9.17) is 4.52 Å². The lowest BCUT2D eigenvalue weighted by molar-refractivity contribution is -0.114. The summed E-state index contributed by atoms with van der Waals surface area (Å²) < 4.78 is 32.3. The summed E-state index contributed by atoms with van der Waals surface area (Å²) in [5, 5.41) is 6.54. The van der Waals surface area contributed by atoms with Gasteiger partial charge in [0.25, 0.3) is 10.0 Å². The van der Waals surface area contributed by atoms with Gasteiger partial charge in [-0.15, -0.1) is 0 Å². The van der Waals surface area contributed by atoms with E-state index in [0.717, 1.165) is 11.1 Å². The van der Waals surface area contributed by atoms with Gasteiger partial charge in [0.2, 0.25) is 5.91 Å². The Morgan fingerprint density at radius 1 is 1.03 bits per heavy atom. The van der Waals surface area contributed by atoms with Gasteiger partial charge in [-0.25, -0.2) is 8.42 Å². The van der Waals surface area contributed by atoms with Gasteiger partial charge in [-0.05, 0) is 49.8 Å². The Hall–Kier alpha value is -3.39. The minimum absolute atomic E-state index is 0.192. The lowest BCUT2D eigenvalue weighted by Crippen LogP contribution is -2.26. The summed E-state index contributed by atoms with van der Waals surface area (Å²) in [6, 6.07) is 13.8. The Morgan fingerprint density at radius 2 is 1.67 bits per heavy atom. The van der Waals surface area contributed by atoms with E-state index in [2.05, 4.69) is 10.5 Å². The molecule has 1 N–H and O–H groups in total. The predicted molar refractivity (Wildman–Crippen MR) is 118 cm³/mol. The first-order valence-electron chi connectivity index (χ1n) is 9.26. The zero-order valence-electron chi connectivity index (χ0n) is 17.2. The van der Waals surface area contributed by atoms with Gasteiger partial charge in [0.05, 0.1) is 10.6 Å². The number of carbonyl (C=O) groups is 1. The summed E-state index contributed by atoms with van der Waals surface area (Å²) in [5.74, 6) is 0.196. The summed E-state index contributed by atoms with van der Waals surface area (Å²) in [6.07, 6.45) is 3.43. The molecule has 3 aromatic rings. The fraction of sp³-hybridized carbons (Fsp3) is 0.182. The van der Waals surface area contributed by atoms with Crippen molar-refractivity contribution in [2.45, 2.75) is 25.7 Å². The number of hydrogen-bond donors (Lipinski definition) is 1. The van der Waals surface area contributed by atoms with Crippen molar-refractivity contribution < 1.29 is 17.7 Å². The molecular weight excluding hydrogens is 402 g/mol. The van der Waals surface area contributed by atoms with Crippen LogP contribution in [0.1, 0.15) is 29.5 Å². The molecule has 1 amide bonds. The summed E-state index contributed by atoms with van der Waals surface area (Å²) in [7, 11) is -2.14. The van der Waals surface area contributed by atoms with Crippen molar-refractivity contribution >= 4 is 39.5 Å². The number of aryl methyl sites for hydroxylation is 2. The standard InChI is InChI=1S/C22H23N3O4S/c1-15-5-10-19(11-6-15)25(4)30(27,28)20-12-7-18(8-13-20)9-14-21-22(23-17(3)26)16(2)24-29-21/h5-14H,1-4H3,(H,23,26)/b14-9-. The van der Waals surface area contributed by atoms with Gasteiger partial charge in [0.1, 0.15) is 11.4 Å². The normalized spacial score (nSPS) is 11.6. The topological polar surface area (TPSA) is 92.5 Å². The van der Waals surface area contributed by atoms with Gasteiger partial charge >= 0.3 is 0 Å². The monoisotopic (exact) mass is 425 g/mol. The maximum absolute atomic E-state index is 12.9. The number of hydrogen-bond acceptors (Lipinski definition) is 5. The molecule has 7 nitrogen and oxygen atoms in total. The van der Waals surface area contributed by atoms with E-state index in [9.17, 15) is 13.2 Å². The maximum atomic E-state index is 12.9. The molecule has 3 rings (SSSR count). The van der Waals surface area contributed by atoms with Crippen molar-refractivity contribution in [1.29, 1.82) is 0 Å². The molecule has 0 aliphatic heterocycles. The fourth-order valence-corrected chi connectivity index (χ4v) is 4.00. The third-order valence-electron chi connectivity index (χ3n) is 4.55. The highest BCUT2D eigenvalue weighted by Crippen LogP contribution is 2.25. The second kappa shape index (κ2) is 8.54. The van der Waals surface area contributed by atoms with Gasteiger partial charge in [-0.3, -0.25) is 9.10 Å². The number of amides is 1. The maximum Gasteiger partial charge on any atom is 0.264 e. The van der Waals surface area contributed by atoms with Crippen molar-refractivity contribution in [3.8, 4) is 0 Å². The van der Waals surface area contributed by atoms with Crippen LogP contribution in [0.4, 0.5) is 11.4 Å². The Labute approximate surface area is 176 Å². The highest BCUT2D eigenvalue weighted by molar-refractivity contribution is 7.92. The second-order valence-electron chi connectivity index (χ2n) is 6.90. The van der Waals surface area contributed by atoms with Crippen molar-refractivity contribution in [2.24, 2.45) is 0 Å². The molecule has 0 unspecified atom stereocenters. The zero-order valence-corrected chi connectivity index (χ0v) is 18.0. The van der Waals surface area contributed by atoms with E-state index < -0.39 is 10.0 Å². The van der Waals surface area contributed by atoms with Gasteiger partial charge in [-0.1, -0.05) is 41.1 Å². The van der Waals surface area contributed by atoms with Crippen LogP contribution in [-0.2, 0) is 14.8 Å². The van der Waals surface area contributed by atoms with Crippen LogP contribution in [0.15, 0.2) is 57.9 Å². The predicted octanol–water partition coefficient (Wildman–Crippen LogP) is 4.25. The van der Waals surface area contributed by atoms with Gasteiger partial charge in [-0.2, -0.15) is 0 Å². The van der Waals surface area contributed by atoms with Crippen LogP contribution in [0.5, 0.6) is 0 Å². The summed E-state index contributed by atoms with van der Waals surface area (Å²) in [6.45, 7) is 5.09. The molecule has 156 valence electrons. The molecule has 0 bridgehead atoms. The smallest absolute Gasteiger partial charge is 0.264 e. The van der Waals surface area contributed by atoms with Crippen LogP contribution in [0, 0.1) is 13.8 Å². The highest BCUT2D eigenvalue weighted by Gasteiger charge is 2.21. The van der Waals surface area contributed by atoms with E-state index in [1.807, 2.05) is 19.1 Å². The fourth-order valence-electron chi connectivity index (χ4n) is 2.80. The van der Waals surface area contributed by atoms with Gasteiger partial charge in [0.15, 0.2) is 5.76 Å². The SMILES string of the molecule is CC(=O)Nc1c(C)noc1/C=C\c1ccc(S(=O)(=O)N(C)c2ccc(C)cc2)cc1. The van der Waals surface area contributed by atoms with Crippen LogP contribution in [0.25, 0.3) is 12.2 Å². The van der Waals surface area contributed by atoms with E-state index in [-0.39, 0.29) is 10.8 Å². The van der Waals surface area contributed by atoms with Crippen molar-refractivity contribution in [3.63, 3.8) is 0 Å². The Morgan fingerprint density at radius 3 is 2.27 bits per heavy atom. The molecule has 30 heavy (non-hydrogen) atoms. The number of nitrogens with zero attached hydrogens (tertiary/aromatic N) is 2. The number of benzene rings is 2. The molecule has 0 aliphatic carbocycles. The van der Waals surface area contributed by atoms with Crippen LogP contribution in [-0.4, -0.2) is 26.5 Å². The third-order valence-corrected chi connectivity index (χ3v) is 6.35. The third kappa shape index (κ3) is 4.60. The Kier molecular flexibility index (Phi) is 6.07. The molecule has 8 heteroatoms. The lowest BCUT2D eigenvalue weighted by Gasteiger charge is -2.19. The van der Waals surface area contributed by atoms with Gasteiger partial charge < -0.3 is 9.84 Å². The number of rotatable bonds is 6. The highest BCUT2D eigenvalue weighted by atomic mass is 32.2. The molecule has 1 heterocycles. The summed E-state index contributed by atoms with van der Waals surface area (Å²) in [4.78, 5) is 11.5. The number of sulfonamides is 1. The van der Waals surface area contributed by atoms with Crippen molar-refractivity contribution in [2.75, 3.05) is 16.7 Å². The summed E-state index contributed by atoms with van der Waals surface area (Å²) >= 11 is 0. The summed E-state index contributed by atoms with van der Waals surface area (Å²) in [5.41, 5.74) is 3.51. The molecule has 0 spiro atoms. The van der Waals surface area contributed by atoms with Gasteiger partial charge in [0, 0.05) is 14.0 Å². The van der Waals surface area contributed by atoms with Crippen LogP contribution < -0.4 is 9.62 Å². The number of aromatic nitrogens is 1. The zero-order chi connectivity index (χ0) is 21.9. The van der Waals surface area contributed by atoms with Crippen molar-refractivity contribution in [1.82, 2.24) is 5.16 Å². The molecule has 0 radical (unpaired) electrons. The van der Waals surface area contributed by atoms with Crippen LogP contribution >= 0.6 is 0 Å². The molecular formula is C22H23N3O4S. The second-order valence-corrected chi connectivity index (χ2v) is 8.87. The number of carbonyl (C=O) groups excluding carboxylic acids is 1. The van der Waals surface area contributed by atoms with E-state index >= 15 is 0 Å². The largest absolute Gasteiger partial charge is 0.354 e. The number of anilines is 2. The first-order valence-corrected chi connectivity index (χ1v) is 10.7. The van der Waals surface area contributed by atoms with E-state index in [0.29, 0.717) is 22.8 Å². The van der Waals surface area contributed by atoms with E-state index in [1.54, 1.807) is 55.5 Å². The number of nitrogens with one attached hydrogen (secondary N) is 1. The molecule has 1 aromatic heterocycles. The Balaban J connectivity index is 1.80. The molecule has 0 saturated heterocycles. The average Bonchev–Trinajstić information content (AvgIpc) is 3.05. The average molecular weight is 426 g/mol. The quantitative estimate of drug-likeness (QED) is 0.637. The first kappa shape index (κ1) is 21.3. The van der Waals surface area contributed by atoms with Crippen molar-refractivity contribution in [3.05, 3.63) is 71.1 Å². The van der Waals surface area contributed by atoms with E-state index in [1.165, 1.54) is 18.3 Å². The van der Waals surface area contributed by atoms with Crippen LogP contribution in [0.3, 0.4) is 0 Å². The Bertz CT molecular complexity index is 1180. The van der Waals surface area contributed by atoms with Crippen LogP contribution in [0.2, 0.25) is 0 Å².